The highest BCUT2D eigenvalue weighted by Crippen LogP contribution is 2.27. The molecule has 0 saturated heterocycles. The second-order valence-electron chi connectivity index (χ2n) is 4.39. The van der Waals surface area contributed by atoms with Crippen molar-refractivity contribution in [1.29, 1.82) is 0 Å². The number of halogens is 3. The largest absolute Gasteiger partial charge is 0.494 e. The molecule has 2 nitrogen and oxygen atoms in total. The first-order valence-electron chi connectivity index (χ1n) is 6.18. The van der Waals surface area contributed by atoms with Crippen molar-refractivity contribution in [2.45, 2.75) is 10.9 Å². The van der Waals surface area contributed by atoms with Crippen molar-refractivity contribution < 1.29 is 17.9 Å². The van der Waals surface area contributed by atoms with E-state index in [9.17, 15) is 13.2 Å². The van der Waals surface area contributed by atoms with Crippen LogP contribution >= 0.6 is 11.8 Å². The molecule has 2 aromatic rings. The Kier molecular flexibility index (Phi) is 5.14. The molecule has 112 valence electrons. The number of thioether (sulfide) groups is 1. The van der Waals surface area contributed by atoms with Crippen molar-refractivity contribution in [1.82, 2.24) is 0 Å². The number of benzene rings is 2. The number of nitrogens with two attached hydrogens (primary N) is 1. The van der Waals surface area contributed by atoms with Crippen LogP contribution in [0.5, 0.6) is 5.75 Å². The van der Waals surface area contributed by atoms with Gasteiger partial charge in [0.2, 0.25) is 0 Å². The van der Waals surface area contributed by atoms with Crippen LogP contribution in [0.25, 0.3) is 0 Å². The Labute approximate surface area is 125 Å². The summed E-state index contributed by atoms with van der Waals surface area (Å²) in [7, 11) is 1.39. The molecule has 2 rings (SSSR count). The summed E-state index contributed by atoms with van der Waals surface area (Å²) in [5.74, 6) is -1.70. The topological polar surface area (TPSA) is 35.2 Å². The van der Waals surface area contributed by atoms with E-state index in [-0.39, 0.29) is 5.75 Å². The van der Waals surface area contributed by atoms with Gasteiger partial charge < -0.3 is 10.5 Å². The van der Waals surface area contributed by atoms with Crippen LogP contribution in [0.15, 0.2) is 41.3 Å². The van der Waals surface area contributed by atoms with E-state index in [0.29, 0.717) is 16.2 Å². The maximum Gasteiger partial charge on any atom is 0.165 e. The Morgan fingerprint density at radius 3 is 2.43 bits per heavy atom. The Balaban J connectivity index is 2.02. The first-order chi connectivity index (χ1) is 10.0. The van der Waals surface area contributed by atoms with E-state index in [0.717, 1.165) is 12.1 Å². The molecule has 1 unspecified atom stereocenters. The third-order valence-corrected chi connectivity index (χ3v) is 4.04. The van der Waals surface area contributed by atoms with E-state index in [1.54, 1.807) is 6.07 Å². The van der Waals surface area contributed by atoms with Crippen LogP contribution in [0.4, 0.5) is 13.2 Å². The first-order valence-corrected chi connectivity index (χ1v) is 7.16. The molecule has 0 spiro atoms. The molecule has 0 bridgehead atoms. The predicted octanol–water partition coefficient (Wildman–Crippen LogP) is 3.90. The van der Waals surface area contributed by atoms with Gasteiger partial charge in [0.1, 0.15) is 0 Å². The van der Waals surface area contributed by atoms with Crippen molar-refractivity contribution in [3.8, 4) is 5.75 Å². The lowest BCUT2D eigenvalue weighted by molar-refractivity contribution is 0.386. The first kappa shape index (κ1) is 15.7. The van der Waals surface area contributed by atoms with Crippen LogP contribution in [0.2, 0.25) is 0 Å². The average molecular weight is 313 g/mol. The van der Waals surface area contributed by atoms with Crippen LogP contribution in [0.3, 0.4) is 0 Å². The highest BCUT2D eigenvalue weighted by Gasteiger charge is 2.11. The minimum absolute atomic E-state index is 0.152. The zero-order valence-electron chi connectivity index (χ0n) is 11.3. The highest BCUT2D eigenvalue weighted by atomic mass is 32.2. The summed E-state index contributed by atoms with van der Waals surface area (Å²) in [5, 5.41) is 0. The smallest absolute Gasteiger partial charge is 0.165 e. The SMILES string of the molecule is COc1ccc(C(N)CSc2ccc(F)c(F)c2)cc1F. The van der Waals surface area contributed by atoms with Crippen molar-refractivity contribution in [2.24, 2.45) is 5.73 Å². The van der Waals surface area contributed by atoms with Gasteiger partial charge in [-0.25, -0.2) is 13.2 Å². The summed E-state index contributed by atoms with van der Waals surface area (Å²) >= 11 is 1.28. The van der Waals surface area contributed by atoms with Gasteiger partial charge in [-0.2, -0.15) is 0 Å². The van der Waals surface area contributed by atoms with Gasteiger partial charge >= 0.3 is 0 Å². The number of hydrogen-bond acceptors (Lipinski definition) is 3. The molecule has 6 heteroatoms. The van der Waals surface area contributed by atoms with E-state index < -0.39 is 23.5 Å². The molecule has 0 radical (unpaired) electrons. The van der Waals surface area contributed by atoms with Gasteiger partial charge in [-0.3, -0.25) is 0 Å². The minimum Gasteiger partial charge on any atom is -0.494 e. The van der Waals surface area contributed by atoms with Crippen LogP contribution < -0.4 is 10.5 Å². The molecule has 0 amide bonds. The second-order valence-corrected chi connectivity index (χ2v) is 5.48. The molecule has 0 fully saturated rings. The van der Waals surface area contributed by atoms with E-state index in [1.165, 1.54) is 37.1 Å². The lowest BCUT2D eigenvalue weighted by atomic mass is 10.1. The molecule has 2 N–H and O–H groups in total. The van der Waals surface area contributed by atoms with E-state index in [4.69, 9.17) is 10.5 Å². The molecule has 0 aromatic heterocycles. The third kappa shape index (κ3) is 3.92. The number of methoxy groups -OCH3 is 1. The lowest BCUT2D eigenvalue weighted by Crippen LogP contribution is -2.13. The minimum atomic E-state index is -0.899. The Hall–Kier alpha value is -1.66. The van der Waals surface area contributed by atoms with Crippen LogP contribution in [-0.4, -0.2) is 12.9 Å². The Morgan fingerprint density at radius 2 is 1.81 bits per heavy atom. The third-order valence-electron chi connectivity index (χ3n) is 2.92. The van der Waals surface area contributed by atoms with Crippen molar-refractivity contribution >= 4 is 11.8 Å². The molecule has 1 atom stereocenters. The molecule has 0 aliphatic heterocycles. The monoisotopic (exact) mass is 313 g/mol. The van der Waals surface area contributed by atoms with Crippen molar-refractivity contribution in [3.63, 3.8) is 0 Å². The average Bonchev–Trinajstić information content (AvgIpc) is 2.48. The van der Waals surface area contributed by atoms with E-state index >= 15 is 0 Å². The van der Waals surface area contributed by atoms with Gasteiger partial charge in [0.05, 0.1) is 7.11 Å². The van der Waals surface area contributed by atoms with Gasteiger partial charge in [0, 0.05) is 16.7 Å². The summed E-state index contributed by atoms with van der Waals surface area (Å²) < 4.78 is 44.3. The van der Waals surface area contributed by atoms with Gasteiger partial charge in [-0.1, -0.05) is 6.07 Å². The standard InChI is InChI=1S/C15H14F3NOS/c1-20-15-5-2-9(6-13(15)18)14(19)8-21-10-3-4-11(16)12(17)7-10/h2-7,14H,8,19H2,1H3. The quantitative estimate of drug-likeness (QED) is 0.850. The summed E-state index contributed by atoms with van der Waals surface area (Å²) in [6.45, 7) is 0. The summed E-state index contributed by atoms with van der Waals surface area (Å²) in [4.78, 5) is 0.568. The number of hydrogen-bond donors (Lipinski definition) is 1. The molecule has 0 heterocycles. The normalized spacial score (nSPS) is 12.2. The zero-order valence-corrected chi connectivity index (χ0v) is 12.1. The van der Waals surface area contributed by atoms with Crippen molar-refractivity contribution in [2.75, 3.05) is 12.9 Å². The predicted molar refractivity (Wildman–Crippen MR) is 77.0 cm³/mol. The fraction of sp³-hybridized carbons (Fsp3) is 0.200. The highest BCUT2D eigenvalue weighted by molar-refractivity contribution is 7.99. The molecule has 0 aliphatic carbocycles. The molecule has 0 saturated carbocycles. The molecule has 0 aliphatic rings. The van der Waals surface area contributed by atoms with E-state index in [2.05, 4.69) is 0 Å². The van der Waals surface area contributed by atoms with Gasteiger partial charge in [0.15, 0.2) is 23.2 Å². The molecular weight excluding hydrogens is 299 g/mol. The van der Waals surface area contributed by atoms with Gasteiger partial charge in [-0.05, 0) is 35.9 Å². The second kappa shape index (κ2) is 6.87. The fourth-order valence-corrected chi connectivity index (χ4v) is 2.68. The van der Waals surface area contributed by atoms with Gasteiger partial charge in [-0.15, -0.1) is 11.8 Å². The van der Waals surface area contributed by atoms with Crippen LogP contribution in [-0.2, 0) is 0 Å². The molecule has 2 aromatic carbocycles. The maximum absolute atomic E-state index is 13.6. The maximum atomic E-state index is 13.6. The zero-order chi connectivity index (χ0) is 15.4. The fourth-order valence-electron chi connectivity index (χ4n) is 1.76. The van der Waals surface area contributed by atoms with Gasteiger partial charge in [0.25, 0.3) is 0 Å². The lowest BCUT2D eigenvalue weighted by Gasteiger charge is -2.13. The molecule has 21 heavy (non-hydrogen) atoms. The van der Waals surface area contributed by atoms with Crippen LogP contribution in [0.1, 0.15) is 11.6 Å². The van der Waals surface area contributed by atoms with Crippen LogP contribution in [0, 0.1) is 17.5 Å². The van der Waals surface area contributed by atoms with Crippen molar-refractivity contribution in [3.05, 3.63) is 59.4 Å². The summed E-state index contributed by atoms with van der Waals surface area (Å²) in [5.41, 5.74) is 6.59. The number of rotatable bonds is 5. The number of ether oxygens (including phenoxy) is 1. The Morgan fingerprint density at radius 1 is 1.05 bits per heavy atom. The summed E-state index contributed by atoms with van der Waals surface area (Å²) in [6, 6.07) is 7.73. The Bertz CT molecular complexity index is 636. The van der Waals surface area contributed by atoms with E-state index in [1.807, 2.05) is 0 Å². The summed E-state index contributed by atoms with van der Waals surface area (Å²) in [6.07, 6.45) is 0. The molecular formula is C15H14F3NOS.